The second-order valence-corrected chi connectivity index (χ2v) is 15.4. The van der Waals surface area contributed by atoms with Crippen molar-refractivity contribution < 1.29 is 52.0 Å². The van der Waals surface area contributed by atoms with Crippen LogP contribution in [0.2, 0.25) is 0 Å². The number of hydrogen-bond donors (Lipinski definition) is 3. The zero-order valence-electron chi connectivity index (χ0n) is 36.9. The van der Waals surface area contributed by atoms with Crippen LogP contribution in [0.4, 0.5) is 5.69 Å². The molecule has 5 N–H and O–H groups in total. The zero-order chi connectivity index (χ0) is 46.3. The highest BCUT2D eigenvalue weighted by atomic mass is 16.7. The standard InChI is InChI=1S/C49H55N5O12/c1-33(55)10-17-44(57)53-31-36-6-2-3-7-37(36)46(45(50)38-8-4-5-9-40(38)53)54(51)19-21-60-23-25-62-27-29-63-28-26-61-24-22-59-20-18-52-49(58)35-13-11-34(12-14-35)43-30-41(56)39-15-16-42-48(47(39)66-43)65-32-64-42/h2-9,11-16,30H,10,17-29,31-32,50-51H2,1H3,(H,52,58)/b46-45-. The molecular formula is C49H55N5O12. The fourth-order valence-corrected chi connectivity index (χ4v) is 7.41. The summed E-state index contributed by atoms with van der Waals surface area (Å²) in [5, 5.41) is 4.81. The fourth-order valence-electron chi connectivity index (χ4n) is 7.41. The number of amides is 2. The molecule has 0 saturated carbocycles. The molecule has 7 rings (SSSR count). The first-order valence-corrected chi connectivity index (χ1v) is 21.8. The molecule has 66 heavy (non-hydrogen) atoms. The molecule has 2 aliphatic heterocycles. The Kier molecular flexibility index (Phi) is 16.9. The number of carbonyl (C=O) groups excluding carboxylic acids is 3. The van der Waals surface area contributed by atoms with Gasteiger partial charge >= 0.3 is 0 Å². The molecule has 4 aromatic carbocycles. The van der Waals surface area contributed by atoms with E-state index in [0.717, 1.165) is 11.1 Å². The zero-order valence-corrected chi connectivity index (χ0v) is 36.9. The van der Waals surface area contributed by atoms with Crippen LogP contribution < -0.4 is 36.7 Å². The minimum atomic E-state index is -0.255. The van der Waals surface area contributed by atoms with Gasteiger partial charge in [-0.2, -0.15) is 0 Å². The number of ether oxygens (including phenoxy) is 7. The van der Waals surface area contributed by atoms with Crippen LogP contribution in [-0.2, 0) is 39.8 Å². The maximum Gasteiger partial charge on any atom is 0.251 e. The molecule has 348 valence electrons. The number of hydrazine groups is 1. The number of rotatable bonds is 24. The third kappa shape index (κ3) is 12.2. The quantitative estimate of drug-likeness (QED) is 0.0428. The maximum absolute atomic E-state index is 13.4. The van der Waals surface area contributed by atoms with Gasteiger partial charge in [0.05, 0.1) is 102 Å². The van der Waals surface area contributed by atoms with Crippen LogP contribution in [-0.4, -0.2) is 109 Å². The topological polar surface area (TPSA) is 217 Å². The van der Waals surface area contributed by atoms with Crippen molar-refractivity contribution in [2.75, 3.05) is 90.9 Å². The SMILES string of the molecule is CC(=O)CCC(=O)N1Cc2ccccc2/C(N(N)CCOCCOCCOCCOCCOCCNC(=O)c2ccc(-c3cc(=O)c4ccc5c(c4o3)OCO5)cc2)=C(/N)c2ccccc21. The minimum absolute atomic E-state index is 0.0409. The van der Waals surface area contributed by atoms with E-state index in [2.05, 4.69) is 5.32 Å². The van der Waals surface area contributed by atoms with E-state index in [1.165, 1.54) is 13.0 Å². The van der Waals surface area contributed by atoms with E-state index in [1.807, 2.05) is 48.5 Å². The van der Waals surface area contributed by atoms with Crippen LogP contribution >= 0.6 is 0 Å². The number of carbonyl (C=O) groups is 3. The highest BCUT2D eigenvalue weighted by Crippen LogP contribution is 2.40. The number of hydrogen-bond acceptors (Lipinski definition) is 15. The number of anilines is 1. The van der Waals surface area contributed by atoms with Crippen LogP contribution in [0.5, 0.6) is 11.5 Å². The van der Waals surface area contributed by atoms with E-state index in [0.29, 0.717) is 148 Å². The second kappa shape index (κ2) is 23.5. The number of nitrogens with one attached hydrogen (secondary N) is 1. The van der Waals surface area contributed by atoms with E-state index in [9.17, 15) is 19.2 Å². The minimum Gasteiger partial charge on any atom is -0.453 e. The van der Waals surface area contributed by atoms with Crippen LogP contribution in [0, 0.1) is 0 Å². The Balaban J connectivity index is 0.717. The maximum atomic E-state index is 13.4. The Morgan fingerprint density at radius 3 is 2.08 bits per heavy atom. The third-order valence-corrected chi connectivity index (χ3v) is 10.8. The van der Waals surface area contributed by atoms with Gasteiger partial charge in [0.15, 0.2) is 16.8 Å². The molecule has 0 radical (unpaired) electrons. The predicted molar refractivity (Wildman–Crippen MR) is 246 cm³/mol. The summed E-state index contributed by atoms with van der Waals surface area (Å²) in [7, 11) is 0. The first kappa shape index (κ1) is 47.4. The van der Waals surface area contributed by atoms with Gasteiger partial charge in [-0.1, -0.05) is 54.6 Å². The average Bonchev–Trinajstić information content (AvgIpc) is 3.82. The van der Waals surface area contributed by atoms with Gasteiger partial charge in [0.2, 0.25) is 18.4 Å². The van der Waals surface area contributed by atoms with Gasteiger partial charge in [-0.15, -0.1) is 0 Å². The van der Waals surface area contributed by atoms with Crippen LogP contribution in [0.15, 0.2) is 100 Å². The first-order chi connectivity index (χ1) is 32.2. The van der Waals surface area contributed by atoms with Crippen molar-refractivity contribution in [3.05, 3.63) is 123 Å². The molecule has 0 unspecified atom stereocenters. The summed E-state index contributed by atoms with van der Waals surface area (Å²) in [6, 6.07) is 26.7. The van der Waals surface area contributed by atoms with E-state index in [1.54, 1.807) is 46.3 Å². The summed E-state index contributed by atoms with van der Waals surface area (Å²) in [6.45, 7) is 6.24. The Morgan fingerprint density at radius 2 is 1.38 bits per heavy atom. The van der Waals surface area contributed by atoms with Crippen molar-refractivity contribution in [2.45, 2.75) is 26.3 Å². The molecule has 17 nitrogen and oxygen atoms in total. The first-order valence-electron chi connectivity index (χ1n) is 21.8. The van der Waals surface area contributed by atoms with Gasteiger partial charge in [0.25, 0.3) is 5.91 Å². The molecule has 0 spiro atoms. The highest BCUT2D eigenvalue weighted by molar-refractivity contribution is 6.02. The van der Waals surface area contributed by atoms with Gasteiger partial charge in [-0.05, 0) is 42.8 Å². The number of Topliss-reactive ketones (excluding diaryl/α,β-unsaturated/α-hetero) is 1. The molecule has 5 aromatic rings. The molecule has 2 amide bonds. The molecule has 0 atom stereocenters. The van der Waals surface area contributed by atoms with Gasteiger partial charge in [-0.3, -0.25) is 14.4 Å². The smallest absolute Gasteiger partial charge is 0.251 e. The third-order valence-electron chi connectivity index (χ3n) is 10.8. The van der Waals surface area contributed by atoms with Gasteiger partial charge in [0, 0.05) is 47.7 Å². The number of nitrogens with zero attached hydrogens (tertiary/aromatic N) is 2. The number of benzene rings is 4. The molecule has 2 aliphatic rings. The van der Waals surface area contributed by atoms with Gasteiger partial charge in [-0.25, -0.2) is 5.84 Å². The summed E-state index contributed by atoms with van der Waals surface area (Å²) in [5.74, 6) is 7.47. The van der Waals surface area contributed by atoms with Crippen LogP contribution in [0.25, 0.3) is 33.7 Å². The molecule has 0 fully saturated rings. The van der Waals surface area contributed by atoms with Crippen LogP contribution in [0.3, 0.4) is 0 Å². The predicted octanol–water partition coefficient (Wildman–Crippen LogP) is 4.88. The van der Waals surface area contributed by atoms with Crippen molar-refractivity contribution >= 4 is 45.6 Å². The molecular weight excluding hydrogens is 851 g/mol. The van der Waals surface area contributed by atoms with E-state index < -0.39 is 0 Å². The fraction of sp³-hybridized carbons (Fsp3) is 0.347. The summed E-state index contributed by atoms with van der Waals surface area (Å²) >= 11 is 0. The summed E-state index contributed by atoms with van der Waals surface area (Å²) < 4.78 is 45.1. The molecule has 0 bridgehead atoms. The Labute approximate surface area is 382 Å². The number of fused-ring (bicyclic) bond motifs is 5. The Morgan fingerprint density at radius 1 is 0.742 bits per heavy atom. The molecule has 0 saturated heterocycles. The summed E-state index contributed by atoms with van der Waals surface area (Å²) in [4.78, 5) is 52.1. The van der Waals surface area contributed by atoms with Gasteiger partial charge in [0.1, 0.15) is 11.5 Å². The van der Waals surface area contributed by atoms with Crippen molar-refractivity contribution in [1.29, 1.82) is 0 Å². The van der Waals surface area contributed by atoms with E-state index in [-0.39, 0.29) is 42.7 Å². The number of ketones is 1. The van der Waals surface area contributed by atoms with E-state index >= 15 is 0 Å². The van der Waals surface area contributed by atoms with Crippen molar-refractivity contribution in [3.63, 3.8) is 0 Å². The lowest BCUT2D eigenvalue weighted by Gasteiger charge is -2.33. The Bertz CT molecular complexity index is 2560. The molecule has 17 heteroatoms. The van der Waals surface area contributed by atoms with Gasteiger partial charge < -0.3 is 63.3 Å². The second-order valence-electron chi connectivity index (χ2n) is 15.4. The van der Waals surface area contributed by atoms with Crippen molar-refractivity contribution in [3.8, 4) is 22.8 Å². The van der Waals surface area contributed by atoms with Crippen LogP contribution in [0.1, 0.15) is 46.8 Å². The number of nitrogens with two attached hydrogens (primary N) is 2. The van der Waals surface area contributed by atoms with E-state index in [4.69, 9.17) is 49.2 Å². The Hall–Kier alpha value is -6.60. The van der Waals surface area contributed by atoms with Crippen molar-refractivity contribution in [2.24, 2.45) is 11.6 Å². The largest absolute Gasteiger partial charge is 0.453 e. The molecule has 1 aromatic heterocycles. The monoisotopic (exact) mass is 905 g/mol. The lowest BCUT2D eigenvalue weighted by molar-refractivity contribution is -0.123. The lowest BCUT2D eigenvalue weighted by Crippen LogP contribution is -2.37. The lowest BCUT2D eigenvalue weighted by atomic mass is 9.95. The highest BCUT2D eigenvalue weighted by Gasteiger charge is 2.28. The number of para-hydroxylation sites is 1. The average molecular weight is 906 g/mol. The molecule has 3 heterocycles. The van der Waals surface area contributed by atoms with Crippen molar-refractivity contribution in [1.82, 2.24) is 10.3 Å². The normalized spacial score (nSPS) is 14.1. The summed E-state index contributed by atoms with van der Waals surface area (Å²) in [5.41, 5.74) is 12.1. The summed E-state index contributed by atoms with van der Waals surface area (Å²) in [6.07, 6.45) is 0.277. The molecule has 0 aliphatic carbocycles.